The van der Waals surface area contributed by atoms with Crippen LogP contribution in [0.2, 0.25) is 0 Å². The zero-order valence-electron chi connectivity index (χ0n) is 13.5. The SMILES string of the molecule is CC(C)(CC(C)(C)C(N)=O)Oc1ccc(C(=O)C2CO2)cc1. The van der Waals surface area contributed by atoms with Gasteiger partial charge in [-0.1, -0.05) is 13.8 Å². The number of carbonyl (C=O) groups is 2. The summed E-state index contributed by atoms with van der Waals surface area (Å²) in [6.45, 7) is 7.94. The minimum Gasteiger partial charge on any atom is -0.488 e. The van der Waals surface area contributed by atoms with Crippen LogP contribution < -0.4 is 10.5 Å². The van der Waals surface area contributed by atoms with E-state index in [4.69, 9.17) is 15.2 Å². The normalized spacial score (nSPS) is 17.9. The van der Waals surface area contributed by atoms with E-state index in [0.29, 0.717) is 24.3 Å². The second kappa shape index (κ2) is 5.72. The van der Waals surface area contributed by atoms with E-state index in [0.717, 1.165) is 0 Å². The van der Waals surface area contributed by atoms with Crippen molar-refractivity contribution in [1.82, 2.24) is 0 Å². The predicted octanol–water partition coefficient (Wildman–Crippen LogP) is 2.33. The van der Waals surface area contributed by atoms with E-state index in [1.54, 1.807) is 38.1 Å². The Morgan fingerprint density at radius 3 is 2.23 bits per heavy atom. The van der Waals surface area contributed by atoms with Crippen molar-refractivity contribution in [2.75, 3.05) is 6.61 Å². The highest BCUT2D eigenvalue weighted by molar-refractivity contribution is 6.00. The van der Waals surface area contributed by atoms with Gasteiger partial charge in [0.05, 0.1) is 6.61 Å². The largest absolute Gasteiger partial charge is 0.488 e. The van der Waals surface area contributed by atoms with Gasteiger partial charge in [0, 0.05) is 17.4 Å². The number of carbonyl (C=O) groups excluding carboxylic acids is 2. The monoisotopic (exact) mass is 305 g/mol. The highest BCUT2D eigenvalue weighted by atomic mass is 16.6. The van der Waals surface area contributed by atoms with Gasteiger partial charge in [-0.2, -0.15) is 0 Å². The van der Waals surface area contributed by atoms with E-state index in [2.05, 4.69) is 0 Å². The number of hydrogen-bond donors (Lipinski definition) is 1. The first-order chi connectivity index (χ1) is 10.1. The molecule has 2 N–H and O–H groups in total. The molecule has 120 valence electrons. The molecule has 0 aliphatic carbocycles. The maximum atomic E-state index is 11.8. The smallest absolute Gasteiger partial charge is 0.223 e. The third-order valence-electron chi connectivity index (χ3n) is 3.69. The first-order valence-corrected chi connectivity index (χ1v) is 7.35. The zero-order valence-corrected chi connectivity index (χ0v) is 13.5. The summed E-state index contributed by atoms with van der Waals surface area (Å²) < 4.78 is 10.9. The minimum absolute atomic E-state index is 0.000622. The molecule has 0 bridgehead atoms. The number of primary amides is 1. The molecule has 1 unspecified atom stereocenters. The maximum absolute atomic E-state index is 11.8. The first-order valence-electron chi connectivity index (χ1n) is 7.35. The first kappa shape index (κ1) is 16.5. The fourth-order valence-corrected chi connectivity index (χ4v) is 2.58. The van der Waals surface area contributed by atoms with Gasteiger partial charge in [0.1, 0.15) is 17.5 Å². The van der Waals surface area contributed by atoms with E-state index in [-0.39, 0.29) is 17.8 Å². The van der Waals surface area contributed by atoms with E-state index in [1.807, 2.05) is 13.8 Å². The Labute approximate surface area is 130 Å². The molecule has 5 heteroatoms. The molecule has 1 fully saturated rings. The molecule has 5 nitrogen and oxygen atoms in total. The number of ether oxygens (including phenoxy) is 2. The van der Waals surface area contributed by atoms with E-state index in [1.165, 1.54) is 0 Å². The van der Waals surface area contributed by atoms with Gasteiger partial charge in [-0.3, -0.25) is 9.59 Å². The lowest BCUT2D eigenvalue weighted by Gasteiger charge is -2.33. The molecule has 0 saturated carbocycles. The summed E-state index contributed by atoms with van der Waals surface area (Å²) in [6.07, 6.45) is 0.214. The third kappa shape index (κ3) is 4.07. The molecule has 1 aliphatic rings. The fraction of sp³-hybridized carbons (Fsp3) is 0.529. The number of nitrogens with two attached hydrogens (primary N) is 1. The summed E-state index contributed by atoms with van der Waals surface area (Å²) in [4.78, 5) is 23.3. The van der Waals surface area contributed by atoms with Crippen molar-refractivity contribution in [3.05, 3.63) is 29.8 Å². The quantitative estimate of drug-likeness (QED) is 0.619. The highest BCUT2D eigenvalue weighted by Gasteiger charge is 2.35. The van der Waals surface area contributed by atoms with Gasteiger partial charge in [-0.25, -0.2) is 0 Å². The number of Topliss-reactive ketones (excluding diaryl/α,β-unsaturated/α-hetero) is 1. The number of hydrogen-bond acceptors (Lipinski definition) is 4. The van der Waals surface area contributed by atoms with Gasteiger partial charge in [0.25, 0.3) is 0 Å². The molecule has 1 aromatic carbocycles. The van der Waals surface area contributed by atoms with Crippen LogP contribution >= 0.6 is 0 Å². The average molecular weight is 305 g/mol. The molecule has 0 spiro atoms. The number of benzene rings is 1. The van der Waals surface area contributed by atoms with Crippen LogP contribution in [0.1, 0.15) is 44.5 Å². The van der Waals surface area contributed by atoms with Crippen LogP contribution in [-0.2, 0) is 9.53 Å². The molecule has 1 atom stereocenters. The Kier molecular flexibility index (Phi) is 4.29. The van der Waals surface area contributed by atoms with Crippen LogP contribution in [0, 0.1) is 5.41 Å². The third-order valence-corrected chi connectivity index (χ3v) is 3.69. The average Bonchev–Trinajstić information content (AvgIpc) is 3.21. The molecule has 2 rings (SSSR count). The highest BCUT2D eigenvalue weighted by Crippen LogP contribution is 2.31. The second-order valence-electron chi connectivity index (χ2n) is 7.00. The molecule has 1 aromatic rings. The van der Waals surface area contributed by atoms with Crippen molar-refractivity contribution in [3.63, 3.8) is 0 Å². The van der Waals surface area contributed by atoms with Crippen LogP contribution in [0.15, 0.2) is 24.3 Å². The van der Waals surface area contributed by atoms with Crippen molar-refractivity contribution in [1.29, 1.82) is 0 Å². The molecule has 1 saturated heterocycles. The Balaban J connectivity index is 2.02. The number of epoxide rings is 1. The standard InChI is InChI=1S/C17H23NO4/c1-16(2,15(18)20)10-17(3,4)22-12-7-5-11(6-8-12)14(19)13-9-21-13/h5-8,13H,9-10H2,1-4H3,(H2,18,20). The van der Waals surface area contributed by atoms with Crippen molar-refractivity contribution in [2.24, 2.45) is 11.1 Å². The fourth-order valence-electron chi connectivity index (χ4n) is 2.58. The minimum atomic E-state index is -0.650. The molecule has 1 amide bonds. The van der Waals surface area contributed by atoms with Crippen molar-refractivity contribution in [2.45, 2.75) is 45.8 Å². The summed E-state index contributed by atoms with van der Waals surface area (Å²) in [7, 11) is 0. The van der Waals surface area contributed by atoms with E-state index < -0.39 is 11.0 Å². The van der Waals surface area contributed by atoms with Gasteiger partial charge in [0.15, 0.2) is 5.78 Å². The lowest BCUT2D eigenvalue weighted by Crippen LogP contribution is -2.41. The summed E-state index contributed by atoms with van der Waals surface area (Å²) in [5, 5.41) is 0. The predicted molar refractivity (Wildman–Crippen MR) is 82.8 cm³/mol. The van der Waals surface area contributed by atoms with Crippen molar-refractivity contribution >= 4 is 11.7 Å². The van der Waals surface area contributed by atoms with Gasteiger partial charge < -0.3 is 15.2 Å². The molecule has 1 heterocycles. The second-order valence-corrected chi connectivity index (χ2v) is 7.00. The van der Waals surface area contributed by atoms with Gasteiger partial charge >= 0.3 is 0 Å². The Morgan fingerprint density at radius 2 is 1.77 bits per heavy atom. The molecule has 1 aliphatic heterocycles. The van der Waals surface area contributed by atoms with Crippen LogP contribution in [0.4, 0.5) is 0 Å². The lowest BCUT2D eigenvalue weighted by atomic mass is 9.81. The Hall–Kier alpha value is -1.88. The lowest BCUT2D eigenvalue weighted by molar-refractivity contribution is -0.128. The van der Waals surface area contributed by atoms with Crippen LogP contribution in [0.25, 0.3) is 0 Å². The molecule has 0 radical (unpaired) electrons. The number of rotatable bonds is 7. The van der Waals surface area contributed by atoms with Crippen LogP contribution in [0.5, 0.6) is 5.75 Å². The zero-order chi connectivity index (χ0) is 16.5. The summed E-state index contributed by atoms with van der Waals surface area (Å²) >= 11 is 0. The van der Waals surface area contributed by atoms with Gasteiger partial charge in [-0.05, 0) is 38.1 Å². The van der Waals surface area contributed by atoms with Gasteiger partial charge in [0.2, 0.25) is 5.91 Å². The summed E-state index contributed by atoms with van der Waals surface area (Å²) in [5.41, 5.74) is 4.83. The number of ketones is 1. The van der Waals surface area contributed by atoms with Crippen molar-refractivity contribution < 1.29 is 19.1 Å². The van der Waals surface area contributed by atoms with Crippen molar-refractivity contribution in [3.8, 4) is 5.75 Å². The Bertz CT molecular complexity index is 571. The molecular formula is C17H23NO4. The van der Waals surface area contributed by atoms with Gasteiger partial charge in [-0.15, -0.1) is 0 Å². The number of amides is 1. The maximum Gasteiger partial charge on any atom is 0.223 e. The summed E-state index contributed by atoms with van der Waals surface area (Å²) in [6, 6.07) is 6.98. The van der Waals surface area contributed by atoms with Crippen LogP contribution in [-0.4, -0.2) is 30.0 Å². The topological polar surface area (TPSA) is 81.9 Å². The van der Waals surface area contributed by atoms with Crippen LogP contribution in [0.3, 0.4) is 0 Å². The molecule has 0 aromatic heterocycles. The molecule has 22 heavy (non-hydrogen) atoms. The Morgan fingerprint density at radius 1 is 1.23 bits per heavy atom. The van der Waals surface area contributed by atoms with E-state index in [9.17, 15) is 9.59 Å². The summed E-state index contributed by atoms with van der Waals surface area (Å²) in [5.74, 6) is 0.300. The van der Waals surface area contributed by atoms with E-state index >= 15 is 0 Å². The molecular weight excluding hydrogens is 282 g/mol.